The van der Waals surface area contributed by atoms with Crippen molar-refractivity contribution >= 4 is 11.9 Å². The van der Waals surface area contributed by atoms with Gasteiger partial charge in [-0.25, -0.2) is 0 Å². The number of carbonyl (C=O) groups excluding carboxylic acids is 1. The minimum Gasteiger partial charge on any atom is -0.480 e. The highest BCUT2D eigenvalue weighted by Gasteiger charge is 2.26. The molecule has 0 fully saturated rings. The quantitative estimate of drug-likeness (QED) is 0.811. The lowest BCUT2D eigenvalue weighted by Crippen LogP contribution is -2.45. The number of hydrogen-bond acceptors (Lipinski definition) is 3. The summed E-state index contributed by atoms with van der Waals surface area (Å²) in [6.07, 6.45) is 0. The number of rotatable bonds is 6. The molecule has 5 nitrogen and oxygen atoms in total. The van der Waals surface area contributed by atoms with Gasteiger partial charge in [0.1, 0.15) is 12.1 Å². The van der Waals surface area contributed by atoms with Gasteiger partial charge in [-0.2, -0.15) is 0 Å². The van der Waals surface area contributed by atoms with Crippen LogP contribution in [0.3, 0.4) is 0 Å². The van der Waals surface area contributed by atoms with Crippen molar-refractivity contribution in [1.82, 2.24) is 10.2 Å². The van der Waals surface area contributed by atoms with Crippen molar-refractivity contribution in [2.24, 2.45) is 0 Å². The maximum absolute atomic E-state index is 12.2. The number of benzene rings is 1. The Morgan fingerprint density at radius 1 is 1.32 bits per heavy atom. The Hall–Kier alpha value is -1.88. The second-order valence-corrected chi connectivity index (χ2v) is 4.45. The highest BCUT2D eigenvalue weighted by molar-refractivity contribution is 5.87. The van der Waals surface area contributed by atoms with E-state index < -0.39 is 18.1 Å². The molecule has 1 aromatic carbocycles. The van der Waals surface area contributed by atoms with Crippen molar-refractivity contribution in [3.05, 3.63) is 35.9 Å². The molecule has 0 saturated carbocycles. The molecular formula is C14H20N2O3. The van der Waals surface area contributed by atoms with Gasteiger partial charge in [-0.3, -0.25) is 14.5 Å². The van der Waals surface area contributed by atoms with Gasteiger partial charge in [0.2, 0.25) is 5.91 Å². The molecule has 0 heterocycles. The van der Waals surface area contributed by atoms with Gasteiger partial charge >= 0.3 is 5.97 Å². The molecule has 1 unspecified atom stereocenters. The van der Waals surface area contributed by atoms with Crippen molar-refractivity contribution in [3.8, 4) is 0 Å². The number of amides is 1. The minimum absolute atomic E-state index is 0.301. The van der Waals surface area contributed by atoms with Crippen LogP contribution < -0.4 is 5.32 Å². The summed E-state index contributed by atoms with van der Waals surface area (Å²) in [4.78, 5) is 24.9. The first-order valence-electron chi connectivity index (χ1n) is 6.25. The van der Waals surface area contributed by atoms with Crippen LogP contribution in [-0.4, -0.2) is 41.5 Å². The Morgan fingerprint density at radius 2 is 1.89 bits per heavy atom. The smallest absolute Gasteiger partial charge is 0.325 e. The zero-order valence-corrected chi connectivity index (χ0v) is 11.5. The SMILES string of the molecule is CCN(C)C(C(=O)N[C@@H](C)C(=O)O)c1ccccc1. The van der Waals surface area contributed by atoms with Crippen molar-refractivity contribution in [2.75, 3.05) is 13.6 Å². The first-order valence-corrected chi connectivity index (χ1v) is 6.25. The molecule has 0 saturated heterocycles. The lowest BCUT2D eigenvalue weighted by atomic mass is 10.0. The van der Waals surface area contributed by atoms with E-state index >= 15 is 0 Å². The normalized spacial score (nSPS) is 13.9. The monoisotopic (exact) mass is 264 g/mol. The Kier molecular flexibility index (Phi) is 5.51. The summed E-state index contributed by atoms with van der Waals surface area (Å²) in [5.74, 6) is -1.34. The summed E-state index contributed by atoms with van der Waals surface area (Å²) in [6.45, 7) is 4.09. The molecule has 0 bridgehead atoms. The summed E-state index contributed by atoms with van der Waals surface area (Å²) in [5, 5.41) is 11.4. The largest absolute Gasteiger partial charge is 0.480 e. The van der Waals surface area contributed by atoms with Gasteiger partial charge in [0.05, 0.1) is 0 Å². The van der Waals surface area contributed by atoms with E-state index in [1.165, 1.54) is 6.92 Å². The number of nitrogens with zero attached hydrogens (tertiary/aromatic N) is 1. The topological polar surface area (TPSA) is 69.6 Å². The molecule has 2 N–H and O–H groups in total. The third-order valence-corrected chi connectivity index (χ3v) is 3.03. The molecule has 1 rings (SSSR count). The Bertz CT molecular complexity index is 434. The number of likely N-dealkylation sites (N-methyl/N-ethyl adjacent to an activating group) is 1. The van der Waals surface area contributed by atoms with Gasteiger partial charge in [-0.1, -0.05) is 37.3 Å². The van der Waals surface area contributed by atoms with Gasteiger partial charge in [0.15, 0.2) is 0 Å². The molecule has 104 valence electrons. The lowest BCUT2D eigenvalue weighted by Gasteiger charge is -2.27. The maximum Gasteiger partial charge on any atom is 0.325 e. The predicted molar refractivity (Wildman–Crippen MR) is 72.7 cm³/mol. The maximum atomic E-state index is 12.2. The fourth-order valence-corrected chi connectivity index (χ4v) is 1.78. The van der Waals surface area contributed by atoms with Crippen LogP contribution in [0.4, 0.5) is 0 Å². The molecule has 0 aliphatic carbocycles. The van der Waals surface area contributed by atoms with Crippen molar-refractivity contribution in [1.29, 1.82) is 0 Å². The van der Waals surface area contributed by atoms with Crippen LogP contribution in [0.1, 0.15) is 25.5 Å². The first kappa shape index (κ1) is 15.2. The molecule has 0 radical (unpaired) electrons. The van der Waals surface area contributed by atoms with Crippen LogP contribution in [0.15, 0.2) is 30.3 Å². The molecule has 1 amide bonds. The summed E-state index contributed by atoms with van der Waals surface area (Å²) in [5.41, 5.74) is 0.849. The summed E-state index contributed by atoms with van der Waals surface area (Å²) >= 11 is 0. The van der Waals surface area contributed by atoms with Gasteiger partial charge in [0, 0.05) is 0 Å². The van der Waals surface area contributed by atoms with E-state index in [0.29, 0.717) is 6.54 Å². The number of nitrogens with one attached hydrogen (secondary N) is 1. The van der Waals surface area contributed by atoms with Crippen LogP contribution in [0, 0.1) is 0 Å². The number of aliphatic carboxylic acids is 1. The van der Waals surface area contributed by atoms with E-state index in [1.807, 2.05) is 49.2 Å². The fourth-order valence-electron chi connectivity index (χ4n) is 1.78. The first-order chi connectivity index (χ1) is 8.97. The zero-order chi connectivity index (χ0) is 14.4. The third kappa shape index (κ3) is 4.06. The standard InChI is InChI=1S/C14H20N2O3/c1-4-16(3)12(11-8-6-5-7-9-11)13(17)15-10(2)14(18)19/h5-10,12H,4H2,1-3H3,(H,15,17)(H,18,19)/t10-,12?/m0/s1. The van der Waals surface area contributed by atoms with Crippen molar-refractivity contribution < 1.29 is 14.7 Å². The van der Waals surface area contributed by atoms with Crippen LogP contribution in [0.5, 0.6) is 0 Å². The van der Waals surface area contributed by atoms with E-state index in [0.717, 1.165) is 5.56 Å². The van der Waals surface area contributed by atoms with Crippen LogP contribution >= 0.6 is 0 Å². The Balaban J connectivity index is 2.92. The van der Waals surface area contributed by atoms with Crippen LogP contribution in [0.25, 0.3) is 0 Å². The number of carboxylic acid groups (broad SMARTS) is 1. The minimum atomic E-state index is -1.04. The fraction of sp³-hybridized carbons (Fsp3) is 0.429. The molecule has 19 heavy (non-hydrogen) atoms. The van der Waals surface area contributed by atoms with E-state index in [4.69, 9.17) is 5.11 Å². The average molecular weight is 264 g/mol. The zero-order valence-electron chi connectivity index (χ0n) is 11.5. The summed E-state index contributed by atoms with van der Waals surface area (Å²) in [6, 6.07) is 7.95. The average Bonchev–Trinajstić information content (AvgIpc) is 2.39. The predicted octanol–water partition coefficient (Wildman–Crippen LogP) is 1.27. The van der Waals surface area contributed by atoms with Gasteiger partial charge in [-0.05, 0) is 26.1 Å². The van der Waals surface area contributed by atoms with E-state index in [9.17, 15) is 9.59 Å². The van der Waals surface area contributed by atoms with Crippen molar-refractivity contribution in [3.63, 3.8) is 0 Å². The number of carbonyl (C=O) groups is 2. The van der Waals surface area contributed by atoms with E-state index in [-0.39, 0.29) is 5.91 Å². The van der Waals surface area contributed by atoms with Crippen LogP contribution in [0.2, 0.25) is 0 Å². The molecular weight excluding hydrogens is 244 g/mol. The lowest BCUT2D eigenvalue weighted by molar-refractivity contribution is -0.142. The summed E-state index contributed by atoms with van der Waals surface area (Å²) < 4.78 is 0. The van der Waals surface area contributed by atoms with E-state index in [1.54, 1.807) is 0 Å². The molecule has 0 aliphatic rings. The van der Waals surface area contributed by atoms with E-state index in [2.05, 4.69) is 5.32 Å². The Labute approximate surface area is 113 Å². The summed E-state index contributed by atoms with van der Waals surface area (Å²) in [7, 11) is 1.84. The second-order valence-electron chi connectivity index (χ2n) is 4.45. The third-order valence-electron chi connectivity index (χ3n) is 3.03. The van der Waals surface area contributed by atoms with Crippen LogP contribution in [-0.2, 0) is 9.59 Å². The molecule has 1 aromatic rings. The molecule has 0 aliphatic heterocycles. The van der Waals surface area contributed by atoms with Gasteiger partial charge in [0.25, 0.3) is 0 Å². The number of carboxylic acids is 1. The molecule has 2 atom stereocenters. The Morgan fingerprint density at radius 3 is 2.37 bits per heavy atom. The van der Waals surface area contributed by atoms with Gasteiger partial charge in [-0.15, -0.1) is 0 Å². The second kappa shape index (κ2) is 6.89. The van der Waals surface area contributed by atoms with Gasteiger partial charge < -0.3 is 10.4 Å². The number of hydrogen-bond donors (Lipinski definition) is 2. The highest BCUT2D eigenvalue weighted by Crippen LogP contribution is 2.19. The highest BCUT2D eigenvalue weighted by atomic mass is 16.4. The van der Waals surface area contributed by atoms with Crippen molar-refractivity contribution in [2.45, 2.75) is 25.9 Å². The molecule has 0 spiro atoms. The molecule has 0 aromatic heterocycles. The molecule has 5 heteroatoms.